The number of aliphatic carboxylic acids is 1. The predicted molar refractivity (Wildman–Crippen MR) is 71.9 cm³/mol. The lowest BCUT2D eigenvalue weighted by molar-refractivity contribution is -0.141. The fourth-order valence-electron chi connectivity index (χ4n) is 2.19. The summed E-state index contributed by atoms with van der Waals surface area (Å²) in [6, 6.07) is 3.72. The minimum absolute atomic E-state index is 0.00615. The summed E-state index contributed by atoms with van der Waals surface area (Å²) in [7, 11) is 0. The van der Waals surface area contributed by atoms with Crippen LogP contribution in [0.5, 0.6) is 0 Å². The number of pyridine rings is 1. The van der Waals surface area contributed by atoms with Crippen LogP contribution in [0.2, 0.25) is 0 Å². The first-order valence-corrected chi connectivity index (χ1v) is 7.18. The average molecular weight is 280 g/mol. The van der Waals surface area contributed by atoms with Gasteiger partial charge in [-0.15, -0.1) is 11.8 Å². The van der Waals surface area contributed by atoms with Crippen molar-refractivity contribution in [3.63, 3.8) is 0 Å². The average Bonchev–Trinajstić information content (AvgIpc) is 2.86. The summed E-state index contributed by atoms with van der Waals surface area (Å²) in [6.07, 6.45) is 5.32. The maximum absolute atomic E-state index is 11.8. The van der Waals surface area contributed by atoms with E-state index in [1.54, 1.807) is 12.4 Å². The number of nitrogens with one attached hydrogen (secondary N) is 1. The van der Waals surface area contributed by atoms with Crippen LogP contribution in [0.25, 0.3) is 0 Å². The van der Waals surface area contributed by atoms with E-state index in [1.165, 1.54) is 11.8 Å². The highest BCUT2D eigenvalue weighted by atomic mass is 32.2. The molecule has 1 heterocycles. The molecule has 102 valence electrons. The van der Waals surface area contributed by atoms with Crippen molar-refractivity contribution in [1.29, 1.82) is 0 Å². The van der Waals surface area contributed by atoms with Crippen LogP contribution in [0, 0.1) is 5.92 Å². The van der Waals surface area contributed by atoms with E-state index in [-0.39, 0.29) is 17.9 Å². The lowest BCUT2D eigenvalue weighted by Gasteiger charge is -2.12. The summed E-state index contributed by atoms with van der Waals surface area (Å²) >= 11 is 1.45. The Labute approximate surface area is 115 Å². The Bertz CT molecular complexity index is 452. The van der Waals surface area contributed by atoms with Crippen LogP contribution in [0.3, 0.4) is 0 Å². The molecule has 2 atom stereocenters. The summed E-state index contributed by atoms with van der Waals surface area (Å²) in [5, 5.41) is 11.8. The quantitative estimate of drug-likeness (QED) is 0.800. The highest BCUT2D eigenvalue weighted by Crippen LogP contribution is 2.25. The molecule has 0 spiro atoms. The van der Waals surface area contributed by atoms with Crippen LogP contribution < -0.4 is 5.32 Å². The van der Waals surface area contributed by atoms with E-state index in [0.29, 0.717) is 18.6 Å². The van der Waals surface area contributed by atoms with Crippen molar-refractivity contribution >= 4 is 23.6 Å². The van der Waals surface area contributed by atoms with E-state index in [4.69, 9.17) is 5.11 Å². The van der Waals surface area contributed by atoms with Crippen LogP contribution in [0.15, 0.2) is 29.4 Å². The van der Waals surface area contributed by atoms with Crippen molar-refractivity contribution < 1.29 is 14.7 Å². The highest BCUT2D eigenvalue weighted by molar-refractivity contribution is 8.00. The molecular weight excluding hydrogens is 264 g/mol. The number of aromatic nitrogens is 1. The molecule has 1 aromatic heterocycles. The van der Waals surface area contributed by atoms with Gasteiger partial charge in [0.05, 0.1) is 11.7 Å². The normalized spacial score (nSPS) is 22.1. The molecule has 19 heavy (non-hydrogen) atoms. The lowest BCUT2D eigenvalue weighted by Crippen LogP contribution is -2.34. The number of thioether (sulfide) groups is 1. The zero-order valence-electron chi connectivity index (χ0n) is 10.4. The maximum atomic E-state index is 11.8. The summed E-state index contributed by atoms with van der Waals surface area (Å²) < 4.78 is 0. The summed E-state index contributed by atoms with van der Waals surface area (Å²) in [5.41, 5.74) is 0. The Balaban J connectivity index is 1.72. The Morgan fingerprint density at radius 1 is 1.37 bits per heavy atom. The zero-order valence-corrected chi connectivity index (χ0v) is 11.2. The third kappa shape index (κ3) is 4.24. The van der Waals surface area contributed by atoms with Crippen LogP contribution in [0.4, 0.5) is 0 Å². The first kappa shape index (κ1) is 13.9. The van der Waals surface area contributed by atoms with Crippen LogP contribution in [-0.2, 0) is 9.59 Å². The van der Waals surface area contributed by atoms with Crippen molar-refractivity contribution in [2.24, 2.45) is 5.92 Å². The fraction of sp³-hybridized carbons (Fsp3) is 0.462. The molecule has 5 nitrogen and oxygen atoms in total. The van der Waals surface area contributed by atoms with Crippen molar-refractivity contribution in [3.05, 3.63) is 24.5 Å². The molecule has 1 aromatic rings. The van der Waals surface area contributed by atoms with E-state index in [2.05, 4.69) is 10.3 Å². The Morgan fingerprint density at radius 3 is 2.74 bits per heavy atom. The smallest absolute Gasteiger partial charge is 0.306 e. The van der Waals surface area contributed by atoms with Crippen molar-refractivity contribution in [2.45, 2.75) is 30.2 Å². The molecular formula is C13H16N2O3S. The Kier molecular flexibility index (Phi) is 4.79. The number of carbonyl (C=O) groups excluding carboxylic acids is 1. The number of carboxylic acid groups (broad SMARTS) is 1. The maximum Gasteiger partial charge on any atom is 0.306 e. The lowest BCUT2D eigenvalue weighted by atomic mass is 10.1. The standard InChI is InChI=1S/C13H16N2O3S/c16-12(8-19-11-3-5-14-6-4-11)15-10-2-1-9(7-10)13(17)18/h3-6,9-10H,1-2,7-8H2,(H,15,16)(H,17,18)/t9-,10+/m1/s1. The van der Waals surface area contributed by atoms with Gasteiger partial charge in [-0.25, -0.2) is 0 Å². The molecule has 1 aliphatic carbocycles. The van der Waals surface area contributed by atoms with Gasteiger partial charge in [0.15, 0.2) is 0 Å². The molecule has 0 unspecified atom stereocenters. The van der Waals surface area contributed by atoms with Gasteiger partial charge < -0.3 is 10.4 Å². The SMILES string of the molecule is O=C(CSc1ccncc1)N[C@H]1CC[C@@H](C(=O)O)C1. The summed E-state index contributed by atoms with van der Waals surface area (Å²) in [4.78, 5) is 27.5. The van der Waals surface area contributed by atoms with Gasteiger partial charge in [-0.1, -0.05) is 0 Å². The van der Waals surface area contributed by atoms with Gasteiger partial charge in [0.2, 0.25) is 5.91 Å². The van der Waals surface area contributed by atoms with Gasteiger partial charge in [-0.2, -0.15) is 0 Å². The molecule has 1 amide bonds. The molecule has 0 aliphatic heterocycles. The Morgan fingerprint density at radius 2 is 2.11 bits per heavy atom. The number of nitrogens with zero attached hydrogens (tertiary/aromatic N) is 1. The molecule has 0 saturated heterocycles. The third-order valence-electron chi connectivity index (χ3n) is 3.17. The van der Waals surface area contributed by atoms with E-state index in [0.717, 1.165) is 11.3 Å². The van der Waals surface area contributed by atoms with Gasteiger partial charge >= 0.3 is 5.97 Å². The molecule has 1 fully saturated rings. The molecule has 2 N–H and O–H groups in total. The van der Waals surface area contributed by atoms with Gasteiger partial charge in [0, 0.05) is 23.3 Å². The third-order valence-corrected chi connectivity index (χ3v) is 4.18. The van der Waals surface area contributed by atoms with E-state index >= 15 is 0 Å². The van der Waals surface area contributed by atoms with Gasteiger partial charge in [-0.05, 0) is 31.4 Å². The summed E-state index contributed by atoms with van der Waals surface area (Å²) in [6.45, 7) is 0. The molecule has 1 saturated carbocycles. The molecule has 2 rings (SSSR count). The van der Waals surface area contributed by atoms with Crippen molar-refractivity contribution in [1.82, 2.24) is 10.3 Å². The number of hydrogen-bond acceptors (Lipinski definition) is 4. The molecule has 0 bridgehead atoms. The van der Waals surface area contributed by atoms with Gasteiger partial charge in [-0.3, -0.25) is 14.6 Å². The fourth-order valence-corrected chi connectivity index (χ4v) is 2.88. The first-order valence-electron chi connectivity index (χ1n) is 6.20. The van der Waals surface area contributed by atoms with E-state index in [1.807, 2.05) is 12.1 Å². The van der Waals surface area contributed by atoms with Gasteiger partial charge in [0.1, 0.15) is 0 Å². The van der Waals surface area contributed by atoms with Crippen LogP contribution >= 0.6 is 11.8 Å². The van der Waals surface area contributed by atoms with Gasteiger partial charge in [0.25, 0.3) is 0 Å². The topological polar surface area (TPSA) is 79.3 Å². The number of amides is 1. The second kappa shape index (κ2) is 6.56. The zero-order chi connectivity index (χ0) is 13.7. The van der Waals surface area contributed by atoms with Crippen molar-refractivity contribution in [2.75, 3.05) is 5.75 Å². The van der Waals surface area contributed by atoms with E-state index < -0.39 is 5.97 Å². The van der Waals surface area contributed by atoms with E-state index in [9.17, 15) is 9.59 Å². The Hall–Kier alpha value is -1.56. The number of carboxylic acids is 1. The minimum Gasteiger partial charge on any atom is -0.481 e. The van der Waals surface area contributed by atoms with Crippen LogP contribution in [-0.4, -0.2) is 33.8 Å². The molecule has 1 aliphatic rings. The second-order valence-corrected chi connectivity index (χ2v) is 5.63. The summed E-state index contributed by atoms with van der Waals surface area (Å²) in [5.74, 6) is -0.767. The number of hydrogen-bond donors (Lipinski definition) is 2. The minimum atomic E-state index is -0.761. The monoisotopic (exact) mass is 280 g/mol. The first-order chi connectivity index (χ1) is 9.15. The largest absolute Gasteiger partial charge is 0.481 e. The number of carbonyl (C=O) groups is 2. The van der Waals surface area contributed by atoms with Crippen LogP contribution in [0.1, 0.15) is 19.3 Å². The highest BCUT2D eigenvalue weighted by Gasteiger charge is 2.30. The number of rotatable bonds is 5. The predicted octanol–water partition coefficient (Wildman–Crippen LogP) is 1.54. The molecule has 0 radical (unpaired) electrons. The molecule has 6 heteroatoms. The second-order valence-electron chi connectivity index (χ2n) is 4.58. The molecule has 0 aromatic carbocycles. The van der Waals surface area contributed by atoms with Crippen molar-refractivity contribution in [3.8, 4) is 0 Å².